The summed E-state index contributed by atoms with van der Waals surface area (Å²) < 4.78 is 10.5. The first-order valence-electron chi connectivity index (χ1n) is 10.0. The number of methoxy groups -OCH3 is 2. The molecule has 1 aliphatic rings. The molecule has 8 heteroatoms. The van der Waals surface area contributed by atoms with Gasteiger partial charge in [0.25, 0.3) is 5.91 Å². The number of carbonyl (C=O) groups is 3. The van der Waals surface area contributed by atoms with Crippen molar-refractivity contribution in [2.45, 2.75) is 51.5 Å². The van der Waals surface area contributed by atoms with E-state index in [2.05, 4.69) is 10.6 Å². The molecule has 2 N–H and O–H groups in total. The highest BCUT2D eigenvalue weighted by Gasteiger charge is 2.50. The summed E-state index contributed by atoms with van der Waals surface area (Å²) in [5.74, 6) is 0.597. The fourth-order valence-corrected chi connectivity index (χ4v) is 3.72. The third-order valence-corrected chi connectivity index (χ3v) is 5.08. The number of nitrogens with zero attached hydrogens (tertiary/aromatic N) is 1. The Morgan fingerprint density at radius 1 is 1.10 bits per heavy atom. The van der Waals surface area contributed by atoms with E-state index in [4.69, 9.17) is 9.47 Å². The molecule has 8 nitrogen and oxygen atoms in total. The summed E-state index contributed by atoms with van der Waals surface area (Å²) in [4.78, 5) is 38.4. The molecule has 0 aromatic heterocycles. The second-order valence-corrected chi connectivity index (χ2v) is 7.19. The van der Waals surface area contributed by atoms with Gasteiger partial charge in [0.05, 0.1) is 14.2 Å². The molecular weight excluding hydrogens is 374 g/mol. The van der Waals surface area contributed by atoms with Gasteiger partial charge < -0.3 is 20.1 Å². The lowest BCUT2D eigenvalue weighted by Gasteiger charge is -2.25. The smallest absolute Gasteiger partial charge is 0.325 e. The number of hydrogen-bond acceptors (Lipinski definition) is 5. The molecule has 1 aliphatic heterocycles. The third kappa shape index (κ3) is 5.19. The Morgan fingerprint density at radius 2 is 1.76 bits per heavy atom. The number of benzene rings is 1. The maximum absolute atomic E-state index is 12.8. The van der Waals surface area contributed by atoms with E-state index in [1.165, 1.54) is 0 Å². The van der Waals surface area contributed by atoms with Crippen molar-refractivity contribution in [3.8, 4) is 11.5 Å². The SMILES string of the molecule is CCCC1(CCC)NC(=O)N(CC(=O)NCCc2ccc(OC)c(OC)c2)C1=O. The Hall–Kier alpha value is -2.77. The van der Waals surface area contributed by atoms with Crippen LogP contribution in [-0.4, -0.2) is 55.6 Å². The van der Waals surface area contributed by atoms with E-state index in [0.717, 1.165) is 23.3 Å². The molecule has 0 saturated carbocycles. The molecule has 160 valence electrons. The third-order valence-electron chi connectivity index (χ3n) is 5.08. The number of rotatable bonds is 11. The van der Waals surface area contributed by atoms with Crippen molar-refractivity contribution in [3.63, 3.8) is 0 Å². The summed E-state index contributed by atoms with van der Waals surface area (Å²) in [5, 5.41) is 5.58. The number of carbonyl (C=O) groups excluding carboxylic acids is 3. The van der Waals surface area contributed by atoms with Gasteiger partial charge in [-0.1, -0.05) is 32.8 Å². The minimum Gasteiger partial charge on any atom is -0.493 e. The molecule has 0 aliphatic carbocycles. The molecule has 0 spiro atoms. The van der Waals surface area contributed by atoms with Gasteiger partial charge in [0, 0.05) is 6.54 Å². The predicted octanol–water partition coefficient (Wildman–Crippen LogP) is 2.25. The molecule has 0 bridgehead atoms. The average Bonchev–Trinajstić information content (AvgIpc) is 2.92. The first kappa shape index (κ1) is 22.5. The molecule has 0 atom stereocenters. The lowest BCUT2D eigenvalue weighted by Crippen LogP contribution is -2.47. The average molecular weight is 405 g/mol. The first-order valence-corrected chi connectivity index (χ1v) is 10.0. The van der Waals surface area contributed by atoms with E-state index in [0.29, 0.717) is 37.3 Å². The minimum absolute atomic E-state index is 0.272. The van der Waals surface area contributed by atoms with Crippen molar-refractivity contribution in [3.05, 3.63) is 23.8 Å². The highest BCUT2D eigenvalue weighted by Crippen LogP contribution is 2.28. The molecule has 1 fully saturated rings. The summed E-state index contributed by atoms with van der Waals surface area (Å²) in [6, 6.07) is 5.07. The monoisotopic (exact) mass is 405 g/mol. The highest BCUT2D eigenvalue weighted by molar-refractivity contribution is 6.09. The van der Waals surface area contributed by atoms with Crippen LogP contribution in [0.4, 0.5) is 4.79 Å². The number of ether oxygens (including phenoxy) is 2. The molecule has 1 saturated heterocycles. The normalized spacial score (nSPS) is 15.2. The van der Waals surface area contributed by atoms with Crippen LogP contribution in [0.25, 0.3) is 0 Å². The van der Waals surface area contributed by atoms with Crippen LogP contribution in [0.3, 0.4) is 0 Å². The van der Waals surface area contributed by atoms with E-state index < -0.39 is 11.6 Å². The predicted molar refractivity (Wildman–Crippen MR) is 109 cm³/mol. The maximum Gasteiger partial charge on any atom is 0.325 e. The Bertz CT molecular complexity index is 744. The van der Waals surface area contributed by atoms with Crippen molar-refractivity contribution in [1.29, 1.82) is 0 Å². The van der Waals surface area contributed by atoms with Crippen molar-refractivity contribution >= 4 is 17.8 Å². The van der Waals surface area contributed by atoms with E-state index in [9.17, 15) is 14.4 Å². The fourth-order valence-electron chi connectivity index (χ4n) is 3.72. The van der Waals surface area contributed by atoms with Crippen molar-refractivity contribution < 1.29 is 23.9 Å². The van der Waals surface area contributed by atoms with Crippen LogP contribution in [0.2, 0.25) is 0 Å². The van der Waals surface area contributed by atoms with Crippen LogP contribution in [0, 0.1) is 0 Å². The fraction of sp³-hybridized carbons (Fsp3) is 0.571. The molecule has 1 heterocycles. The van der Waals surface area contributed by atoms with Gasteiger partial charge in [-0.2, -0.15) is 0 Å². The largest absolute Gasteiger partial charge is 0.493 e. The molecule has 29 heavy (non-hydrogen) atoms. The van der Waals surface area contributed by atoms with Crippen LogP contribution in [-0.2, 0) is 16.0 Å². The Morgan fingerprint density at radius 3 is 2.34 bits per heavy atom. The van der Waals surface area contributed by atoms with Gasteiger partial charge in [0.1, 0.15) is 12.1 Å². The summed E-state index contributed by atoms with van der Waals surface area (Å²) in [5.41, 5.74) is 0.100. The van der Waals surface area contributed by atoms with Crippen molar-refractivity contribution in [2.75, 3.05) is 27.3 Å². The Kier molecular flexibility index (Phi) is 7.87. The number of imide groups is 1. The standard InChI is InChI=1S/C21H31N3O5/c1-5-10-21(11-6-2)19(26)24(20(27)23-21)14-18(25)22-12-9-15-7-8-16(28-3)17(13-15)29-4/h7-8,13H,5-6,9-12,14H2,1-4H3,(H,22,25)(H,23,27). The van der Waals surface area contributed by atoms with Gasteiger partial charge in [-0.3, -0.25) is 14.5 Å². The molecule has 0 unspecified atom stereocenters. The number of urea groups is 1. The maximum atomic E-state index is 12.8. The van der Waals surface area contributed by atoms with Crippen LogP contribution in [0.15, 0.2) is 18.2 Å². The van der Waals surface area contributed by atoms with Gasteiger partial charge in [0.2, 0.25) is 5.91 Å². The van der Waals surface area contributed by atoms with Crippen molar-refractivity contribution in [2.24, 2.45) is 0 Å². The van der Waals surface area contributed by atoms with Crippen LogP contribution < -0.4 is 20.1 Å². The zero-order valence-corrected chi connectivity index (χ0v) is 17.7. The van der Waals surface area contributed by atoms with Gasteiger partial charge >= 0.3 is 6.03 Å². The van der Waals surface area contributed by atoms with E-state index in [-0.39, 0.29) is 18.4 Å². The highest BCUT2D eigenvalue weighted by atomic mass is 16.5. The zero-order valence-electron chi connectivity index (χ0n) is 17.7. The van der Waals surface area contributed by atoms with E-state index in [1.807, 2.05) is 32.0 Å². The van der Waals surface area contributed by atoms with Crippen LogP contribution in [0.5, 0.6) is 11.5 Å². The van der Waals surface area contributed by atoms with E-state index in [1.54, 1.807) is 14.2 Å². The molecule has 0 radical (unpaired) electrons. The summed E-state index contributed by atoms with van der Waals surface area (Å²) in [6.07, 6.45) is 3.28. The van der Waals surface area contributed by atoms with Crippen LogP contribution >= 0.6 is 0 Å². The Labute approximate surface area is 171 Å². The lowest BCUT2D eigenvalue weighted by molar-refractivity contribution is -0.135. The molecule has 1 aromatic rings. The second kappa shape index (κ2) is 10.1. The number of nitrogens with one attached hydrogen (secondary N) is 2. The molecule has 4 amide bonds. The zero-order chi connectivity index (χ0) is 21.4. The molecule has 1 aromatic carbocycles. The molecular formula is C21H31N3O5. The summed E-state index contributed by atoms with van der Waals surface area (Å²) in [7, 11) is 3.14. The second-order valence-electron chi connectivity index (χ2n) is 7.19. The lowest BCUT2D eigenvalue weighted by atomic mass is 9.88. The first-order chi connectivity index (χ1) is 13.9. The van der Waals surface area contributed by atoms with E-state index >= 15 is 0 Å². The van der Waals surface area contributed by atoms with Gasteiger partial charge in [0.15, 0.2) is 11.5 Å². The number of hydrogen-bond donors (Lipinski definition) is 2. The topological polar surface area (TPSA) is 97.0 Å². The van der Waals surface area contributed by atoms with Gasteiger partial charge in [-0.15, -0.1) is 0 Å². The van der Waals surface area contributed by atoms with Gasteiger partial charge in [-0.05, 0) is 37.0 Å². The Balaban J connectivity index is 1.91. The summed E-state index contributed by atoms with van der Waals surface area (Å²) in [6.45, 7) is 4.06. The summed E-state index contributed by atoms with van der Waals surface area (Å²) >= 11 is 0. The van der Waals surface area contributed by atoms with Crippen LogP contribution in [0.1, 0.15) is 45.1 Å². The minimum atomic E-state index is -0.874. The molecule has 2 rings (SSSR count). The van der Waals surface area contributed by atoms with Crippen molar-refractivity contribution in [1.82, 2.24) is 15.5 Å². The number of amides is 4. The quantitative estimate of drug-likeness (QED) is 0.551. The van der Waals surface area contributed by atoms with Gasteiger partial charge in [-0.25, -0.2) is 4.79 Å².